The number of amides is 2. The molecule has 7 nitrogen and oxygen atoms in total. The van der Waals surface area contributed by atoms with Crippen molar-refractivity contribution in [3.63, 3.8) is 0 Å². The number of carbonyl (C=O) groups is 2. The first-order valence-electron chi connectivity index (χ1n) is 17.2. The molecule has 0 saturated heterocycles. The number of hydrogen-bond acceptors (Lipinski definition) is 4. The summed E-state index contributed by atoms with van der Waals surface area (Å²) in [6, 6.07) is 22.2. The maximum absolute atomic E-state index is 15.1. The van der Waals surface area contributed by atoms with E-state index in [2.05, 4.69) is 17.4 Å². The van der Waals surface area contributed by atoms with Crippen LogP contribution in [0.5, 0.6) is 0 Å². The predicted molar refractivity (Wildman–Crippen MR) is 187 cm³/mol. The zero-order valence-corrected chi connectivity index (χ0v) is 29.3. The van der Waals surface area contributed by atoms with Crippen LogP contribution in [0.2, 0.25) is 0 Å². The first-order chi connectivity index (χ1) is 22.7. The van der Waals surface area contributed by atoms with Crippen LogP contribution in [0.15, 0.2) is 78.9 Å². The van der Waals surface area contributed by atoms with E-state index in [9.17, 15) is 18.0 Å². The number of halogens is 1. The Bertz CT molecular complexity index is 1700. The van der Waals surface area contributed by atoms with Crippen molar-refractivity contribution in [3.8, 4) is 0 Å². The van der Waals surface area contributed by atoms with Crippen LogP contribution in [0, 0.1) is 23.6 Å². The molecule has 0 aromatic heterocycles. The lowest BCUT2D eigenvalue weighted by atomic mass is 9.48. The summed E-state index contributed by atoms with van der Waals surface area (Å²) in [5.41, 5.74) is 2.25. The van der Waals surface area contributed by atoms with Gasteiger partial charge in [0.1, 0.15) is 18.4 Å². The summed E-state index contributed by atoms with van der Waals surface area (Å²) in [6.45, 7) is 4.82. The van der Waals surface area contributed by atoms with Crippen molar-refractivity contribution in [2.45, 2.75) is 89.3 Å². The monoisotopic (exact) mass is 673 g/mol. The minimum Gasteiger partial charge on any atom is -0.350 e. The molecular weight excluding hydrogens is 626 g/mol. The highest BCUT2D eigenvalue weighted by Gasteiger charge is 2.51. The highest BCUT2D eigenvalue weighted by atomic mass is 32.2. The average molecular weight is 674 g/mol. The Hall–Kier alpha value is -3.72. The number of benzene rings is 3. The summed E-state index contributed by atoms with van der Waals surface area (Å²) in [5, 5.41) is 2.99. The fraction of sp³-hybridized carbons (Fsp3) is 0.487. The molecule has 2 amide bonds. The number of anilines is 1. The summed E-state index contributed by atoms with van der Waals surface area (Å²) in [4.78, 5) is 29.6. The molecule has 1 atom stereocenters. The molecule has 256 valence electrons. The third kappa shape index (κ3) is 7.61. The Morgan fingerprint density at radius 2 is 1.44 bits per heavy atom. The molecule has 4 bridgehead atoms. The van der Waals surface area contributed by atoms with Gasteiger partial charge in [0.2, 0.25) is 21.8 Å². The second-order valence-electron chi connectivity index (χ2n) is 15.6. The third-order valence-electron chi connectivity index (χ3n) is 10.6. The Labute approximate surface area is 285 Å². The van der Waals surface area contributed by atoms with Gasteiger partial charge < -0.3 is 10.2 Å². The van der Waals surface area contributed by atoms with Gasteiger partial charge in [0, 0.05) is 24.1 Å². The van der Waals surface area contributed by atoms with E-state index in [1.54, 1.807) is 18.2 Å². The molecule has 0 spiro atoms. The van der Waals surface area contributed by atoms with E-state index in [-0.39, 0.29) is 23.9 Å². The third-order valence-corrected chi connectivity index (χ3v) is 11.7. The van der Waals surface area contributed by atoms with Crippen molar-refractivity contribution >= 4 is 27.5 Å². The SMILES string of the molecule is CC(C)(C)NC(=O)C(Cc1ccccc1)N(Cc1ccccc1F)C(=O)CN(c1ccc(C23CC4CC(CC(C4)C2)C3)cc1)S(C)(=O)=O. The highest BCUT2D eigenvalue weighted by Crippen LogP contribution is 2.60. The van der Waals surface area contributed by atoms with Crippen molar-refractivity contribution in [3.05, 3.63) is 101 Å². The standard InChI is InChI=1S/C39H48FN3O4S/c1-38(2,3)41-37(45)35(21-27-10-6-5-7-11-27)42(25-31-12-8-9-13-34(31)40)36(44)26-43(48(4,46)47)33-16-14-32(15-17-33)39-22-28-18-29(23-39)20-30(19-28)24-39/h5-17,28-30,35H,18-26H2,1-4H3,(H,41,45). The van der Waals surface area contributed by atoms with Crippen LogP contribution in [0.25, 0.3) is 0 Å². The van der Waals surface area contributed by atoms with Crippen LogP contribution in [-0.2, 0) is 38.0 Å². The summed E-state index contributed by atoms with van der Waals surface area (Å²) in [6.07, 6.45) is 8.84. The Balaban J connectivity index is 1.32. The number of hydrogen-bond donors (Lipinski definition) is 1. The van der Waals surface area contributed by atoms with Gasteiger partial charge in [-0.05, 0) is 112 Å². The molecule has 4 fully saturated rings. The van der Waals surface area contributed by atoms with Gasteiger partial charge >= 0.3 is 0 Å². The molecule has 4 aliphatic carbocycles. The first kappa shape index (κ1) is 34.2. The summed E-state index contributed by atoms with van der Waals surface area (Å²) < 4.78 is 42.8. The van der Waals surface area contributed by atoms with E-state index in [0.717, 1.165) is 33.9 Å². The largest absolute Gasteiger partial charge is 0.350 e. The number of sulfonamides is 1. The molecule has 1 unspecified atom stereocenters. The highest BCUT2D eigenvalue weighted by molar-refractivity contribution is 7.92. The predicted octanol–water partition coefficient (Wildman–Crippen LogP) is 6.61. The zero-order valence-electron chi connectivity index (χ0n) is 28.5. The Morgan fingerprint density at radius 3 is 1.98 bits per heavy atom. The van der Waals surface area contributed by atoms with Crippen molar-refractivity contribution in [1.82, 2.24) is 10.2 Å². The molecule has 9 heteroatoms. The van der Waals surface area contributed by atoms with Crippen LogP contribution >= 0.6 is 0 Å². The minimum atomic E-state index is -3.91. The van der Waals surface area contributed by atoms with Crippen molar-refractivity contribution in [2.75, 3.05) is 17.1 Å². The maximum Gasteiger partial charge on any atom is 0.244 e. The van der Waals surface area contributed by atoms with Gasteiger partial charge in [-0.15, -0.1) is 0 Å². The van der Waals surface area contributed by atoms with E-state index < -0.39 is 45.8 Å². The van der Waals surface area contributed by atoms with E-state index in [4.69, 9.17) is 0 Å². The lowest BCUT2D eigenvalue weighted by Gasteiger charge is -2.57. The molecule has 0 heterocycles. The van der Waals surface area contributed by atoms with Gasteiger partial charge in [-0.3, -0.25) is 13.9 Å². The Kier molecular flexibility index (Phi) is 9.46. The smallest absolute Gasteiger partial charge is 0.244 e. The maximum atomic E-state index is 15.1. The van der Waals surface area contributed by atoms with Gasteiger partial charge in [0.15, 0.2) is 0 Å². The lowest BCUT2D eigenvalue weighted by molar-refractivity contribution is -0.140. The van der Waals surface area contributed by atoms with E-state index in [1.807, 2.05) is 63.2 Å². The van der Waals surface area contributed by atoms with Crippen LogP contribution in [0.3, 0.4) is 0 Å². The zero-order chi connectivity index (χ0) is 34.3. The molecule has 3 aromatic carbocycles. The molecule has 4 saturated carbocycles. The average Bonchev–Trinajstić information content (AvgIpc) is 3.01. The second kappa shape index (κ2) is 13.3. The van der Waals surface area contributed by atoms with Crippen LogP contribution in [0.4, 0.5) is 10.1 Å². The summed E-state index contributed by atoms with van der Waals surface area (Å²) in [7, 11) is -3.91. The Morgan fingerprint density at radius 1 is 0.875 bits per heavy atom. The van der Waals surface area contributed by atoms with Crippen molar-refractivity contribution < 1.29 is 22.4 Å². The molecule has 1 N–H and O–H groups in total. The molecule has 48 heavy (non-hydrogen) atoms. The number of rotatable bonds is 11. The van der Waals surface area contributed by atoms with Gasteiger partial charge in [-0.25, -0.2) is 12.8 Å². The van der Waals surface area contributed by atoms with Gasteiger partial charge in [0.05, 0.1) is 11.9 Å². The quantitative estimate of drug-likeness (QED) is 0.248. The van der Waals surface area contributed by atoms with Gasteiger partial charge in [-0.1, -0.05) is 60.7 Å². The van der Waals surface area contributed by atoms with E-state index in [0.29, 0.717) is 5.69 Å². The number of nitrogens with one attached hydrogen (secondary N) is 1. The topological polar surface area (TPSA) is 86.8 Å². The minimum absolute atomic E-state index is 0.153. The number of carbonyl (C=O) groups excluding carboxylic acids is 2. The molecule has 4 aliphatic rings. The van der Waals surface area contributed by atoms with E-state index in [1.165, 1.54) is 55.1 Å². The molecule has 7 rings (SSSR count). The molecule has 0 radical (unpaired) electrons. The molecule has 3 aromatic rings. The normalized spacial score (nSPS) is 23.8. The van der Waals surface area contributed by atoms with Crippen molar-refractivity contribution in [2.24, 2.45) is 17.8 Å². The van der Waals surface area contributed by atoms with Gasteiger partial charge in [-0.2, -0.15) is 0 Å². The van der Waals surface area contributed by atoms with Gasteiger partial charge in [0.25, 0.3) is 0 Å². The summed E-state index contributed by atoms with van der Waals surface area (Å²) in [5.74, 6) is 0.827. The second-order valence-corrected chi connectivity index (χ2v) is 17.5. The van der Waals surface area contributed by atoms with Crippen LogP contribution in [-0.4, -0.2) is 49.5 Å². The first-order valence-corrected chi connectivity index (χ1v) is 19.0. The summed E-state index contributed by atoms with van der Waals surface area (Å²) >= 11 is 0. The molecular formula is C39H48FN3O4S. The fourth-order valence-electron chi connectivity index (χ4n) is 8.88. The van der Waals surface area contributed by atoms with Crippen LogP contribution in [0.1, 0.15) is 76.0 Å². The lowest BCUT2D eigenvalue weighted by Crippen LogP contribution is -2.56. The van der Waals surface area contributed by atoms with Crippen molar-refractivity contribution in [1.29, 1.82) is 0 Å². The van der Waals surface area contributed by atoms with Crippen LogP contribution < -0.4 is 9.62 Å². The number of nitrogens with zero attached hydrogens (tertiary/aromatic N) is 2. The molecule has 0 aliphatic heterocycles. The fourth-order valence-corrected chi connectivity index (χ4v) is 9.73. The van der Waals surface area contributed by atoms with E-state index >= 15 is 4.39 Å².